The monoisotopic (exact) mass is 392 g/mol. The second-order valence-corrected chi connectivity index (χ2v) is 7.28. The van der Waals surface area contributed by atoms with Gasteiger partial charge in [0.05, 0.1) is 11.9 Å². The Hall–Kier alpha value is -1.82. The molecular weight excluding hydrogens is 371 g/mol. The van der Waals surface area contributed by atoms with Gasteiger partial charge in [-0.15, -0.1) is 0 Å². The summed E-state index contributed by atoms with van der Waals surface area (Å²) in [4.78, 5) is 21.2. The standard InChI is InChI=1S/C19H22Cl2N4O/c1-24-8-10-25(11-9-24)16-4-5-18(23-13-16)19(26)22-7-6-14-2-3-15(20)12-17(14)21/h2-5,12-13H,6-11H2,1H3,(H,22,26). The zero-order chi connectivity index (χ0) is 18.5. The molecule has 1 fully saturated rings. The summed E-state index contributed by atoms with van der Waals surface area (Å²) in [5.74, 6) is -0.181. The topological polar surface area (TPSA) is 48.5 Å². The molecule has 2 heterocycles. The Balaban J connectivity index is 1.51. The molecule has 7 heteroatoms. The van der Waals surface area contributed by atoms with E-state index in [2.05, 4.69) is 27.1 Å². The van der Waals surface area contributed by atoms with Gasteiger partial charge in [-0.25, -0.2) is 4.98 Å². The Morgan fingerprint density at radius 3 is 2.58 bits per heavy atom. The summed E-state index contributed by atoms with van der Waals surface area (Å²) in [6.07, 6.45) is 2.41. The maximum absolute atomic E-state index is 12.3. The second kappa shape index (κ2) is 8.71. The average Bonchev–Trinajstić information content (AvgIpc) is 2.64. The smallest absolute Gasteiger partial charge is 0.269 e. The highest BCUT2D eigenvalue weighted by Crippen LogP contribution is 2.21. The molecule has 0 saturated carbocycles. The van der Waals surface area contributed by atoms with Crippen molar-refractivity contribution >= 4 is 34.8 Å². The van der Waals surface area contributed by atoms with Crippen LogP contribution in [0.15, 0.2) is 36.5 Å². The van der Waals surface area contributed by atoms with Gasteiger partial charge in [0.15, 0.2) is 0 Å². The lowest BCUT2D eigenvalue weighted by Crippen LogP contribution is -2.44. The first-order valence-electron chi connectivity index (χ1n) is 8.64. The Kier molecular flexibility index (Phi) is 6.35. The lowest BCUT2D eigenvalue weighted by Gasteiger charge is -2.33. The van der Waals surface area contributed by atoms with Gasteiger partial charge in [-0.05, 0) is 43.3 Å². The van der Waals surface area contributed by atoms with Gasteiger partial charge in [0, 0.05) is 42.8 Å². The second-order valence-electron chi connectivity index (χ2n) is 6.43. The minimum atomic E-state index is -0.181. The molecule has 1 aromatic carbocycles. The third-order valence-corrected chi connectivity index (χ3v) is 5.13. The van der Waals surface area contributed by atoms with E-state index in [1.807, 2.05) is 12.1 Å². The molecule has 138 valence electrons. The predicted molar refractivity (Wildman–Crippen MR) is 106 cm³/mol. The first kappa shape index (κ1) is 19.0. The third kappa shape index (κ3) is 4.87. The van der Waals surface area contributed by atoms with Crippen LogP contribution in [0.3, 0.4) is 0 Å². The highest BCUT2D eigenvalue weighted by molar-refractivity contribution is 6.35. The van der Waals surface area contributed by atoms with Crippen LogP contribution in [-0.4, -0.2) is 55.6 Å². The van der Waals surface area contributed by atoms with E-state index in [0.29, 0.717) is 28.7 Å². The number of nitrogens with zero attached hydrogens (tertiary/aromatic N) is 3. The highest BCUT2D eigenvalue weighted by atomic mass is 35.5. The number of hydrogen-bond donors (Lipinski definition) is 1. The van der Waals surface area contributed by atoms with Gasteiger partial charge >= 0.3 is 0 Å². The predicted octanol–water partition coefficient (Wildman–Crippen LogP) is 3.11. The summed E-state index contributed by atoms with van der Waals surface area (Å²) < 4.78 is 0. The minimum Gasteiger partial charge on any atom is -0.368 e. The van der Waals surface area contributed by atoms with E-state index >= 15 is 0 Å². The Labute approximate surface area is 163 Å². The van der Waals surface area contributed by atoms with Crippen LogP contribution in [0.4, 0.5) is 5.69 Å². The summed E-state index contributed by atoms with van der Waals surface area (Å²) >= 11 is 12.0. The van der Waals surface area contributed by atoms with E-state index in [1.165, 1.54) is 0 Å². The van der Waals surface area contributed by atoms with Crippen LogP contribution in [0.1, 0.15) is 16.1 Å². The number of benzene rings is 1. The highest BCUT2D eigenvalue weighted by Gasteiger charge is 2.15. The van der Waals surface area contributed by atoms with Gasteiger partial charge in [-0.1, -0.05) is 29.3 Å². The molecule has 1 amide bonds. The van der Waals surface area contributed by atoms with Crippen molar-refractivity contribution in [2.24, 2.45) is 0 Å². The molecule has 0 aliphatic carbocycles. The van der Waals surface area contributed by atoms with E-state index in [0.717, 1.165) is 37.4 Å². The van der Waals surface area contributed by atoms with Crippen molar-refractivity contribution in [3.63, 3.8) is 0 Å². The fourth-order valence-corrected chi connectivity index (χ4v) is 3.40. The molecule has 3 rings (SSSR count). The van der Waals surface area contributed by atoms with Crippen LogP contribution in [0, 0.1) is 0 Å². The summed E-state index contributed by atoms with van der Waals surface area (Å²) in [5.41, 5.74) is 2.43. The number of halogens is 2. The Morgan fingerprint density at radius 1 is 1.15 bits per heavy atom. The van der Waals surface area contributed by atoms with Gasteiger partial charge in [0.1, 0.15) is 5.69 Å². The van der Waals surface area contributed by atoms with E-state index in [4.69, 9.17) is 23.2 Å². The van der Waals surface area contributed by atoms with Gasteiger partial charge in [-0.2, -0.15) is 0 Å². The molecule has 0 atom stereocenters. The molecule has 2 aromatic rings. The van der Waals surface area contributed by atoms with Gasteiger partial charge < -0.3 is 15.1 Å². The summed E-state index contributed by atoms with van der Waals surface area (Å²) in [6, 6.07) is 9.11. The largest absolute Gasteiger partial charge is 0.368 e. The normalized spacial score (nSPS) is 15.1. The molecule has 0 radical (unpaired) electrons. The number of likely N-dealkylation sites (N-methyl/N-ethyl adjacent to an activating group) is 1. The molecule has 1 aliphatic rings. The lowest BCUT2D eigenvalue weighted by molar-refractivity contribution is 0.0949. The molecule has 26 heavy (non-hydrogen) atoms. The van der Waals surface area contributed by atoms with Gasteiger partial charge in [0.25, 0.3) is 5.91 Å². The Bertz CT molecular complexity index is 759. The van der Waals surface area contributed by atoms with Crippen LogP contribution in [0.25, 0.3) is 0 Å². The fourth-order valence-electron chi connectivity index (χ4n) is 2.90. The molecule has 0 bridgehead atoms. The number of carbonyl (C=O) groups is 1. The molecule has 1 aliphatic heterocycles. The number of pyridine rings is 1. The molecule has 0 spiro atoms. The number of anilines is 1. The number of piperazine rings is 1. The van der Waals surface area contributed by atoms with Crippen molar-refractivity contribution in [2.45, 2.75) is 6.42 Å². The van der Waals surface area contributed by atoms with E-state index in [-0.39, 0.29) is 5.91 Å². The number of nitrogens with one attached hydrogen (secondary N) is 1. The molecular formula is C19H22Cl2N4O. The van der Waals surface area contributed by atoms with Crippen molar-refractivity contribution in [1.29, 1.82) is 0 Å². The van der Waals surface area contributed by atoms with E-state index < -0.39 is 0 Å². The van der Waals surface area contributed by atoms with Crippen LogP contribution in [0.2, 0.25) is 10.0 Å². The van der Waals surface area contributed by atoms with Crippen molar-refractivity contribution in [2.75, 3.05) is 44.7 Å². The van der Waals surface area contributed by atoms with Crippen LogP contribution in [0.5, 0.6) is 0 Å². The van der Waals surface area contributed by atoms with Crippen molar-refractivity contribution in [3.8, 4) is 0 Å². The summed E-state index contributed by atoms with van der Waals surface area (Å²) in [7, 11) is 2.13. The van der Waals surface area contributed by atoms with E-state index in [9.17, 15) is 4.79 Å². The summed E-state index contributed by atoms with van der Waals surface area (Å²) in [6.45, 7) is 4.52. The molecule has 1 saturated heterocycles. The number of hydrogen-bond acceptors (Lipinski definition) is 4. The van der Waals surface area contributed by atoms with Crippen molar-refractivity contribution in [1.82, 2.24) is 15.2 Å². The minimum absolute atomic E-state index is 0.181. The molecule has 1 aromatic heterocycles. The zero-order valence-electron chi connectivity index (χ0n) is 14.7. The van der Waals surface area contributed by atoms with Crippen LogP contribution >= 0.6 is 23.2 Å². The number of rotatable bonds is 5. The Morgan fingerprint density at radius 2 is 1.92 bits per heavy atom. The van der Waals surface area contributed by atoms with E-state index in [1.54, 1.807) is 24.4 Å². The average molecular weight is 393 g/mol. The SMILES string of the molecule is CN1CCN(c2ccc(C(=O)NCCc3ccc(Cl)cc3Cl)nc2)CC1. The van der Waals surface area contributed by atoms with Crippen molar-refractivity contribution in [3.05, 3.63) is 57.8 Å². The van der Waals surface area contributed by atoms with Crippen LogP contribution < -0.4 is 10.2 Å². The maximum atomic E-state index is 12.3. The maximum Gasteiger partial charge on any atom is 0.269 e. The quantitative estimate of drug-likeness (QED) is 0.848. The molecule has 1 N–H and O–H groups in total. The number of amides is 1. The van der Waals surface area contributed by atoms with Crippen molar-refractivity contribution < 1.29 is 4.79 Å². The molecule has 0 unspecified atom stereocenters. The summed E-state index contributed by atoms with van der Waals surface area (Å²) in [5, 5.41) is 4.10. The fraction of sp³-hybridized carbons (Fsp3) is 0.368. The lowest BCUT2D eigenvalue weighted by atomic mass is 10.1. The number of aromatic nitrogens is 1. The number of carbonyl (C=O) groups excluding carboxylic acids is 1. The van der Waals surface area contributed by atoms with Gasteiger partial charge in [-0.3, -0.25) is 4.79 Å². The van der Waals surface area contributed by atoms with Gasteiger partial charge in [0.2, 0.25) is 0 Å². The third-order valence-electron chi connectivity index (χ3n) is 4.54. The molecule has 5 nitrogen and oxygen atoms in total. The first-order chi connectivity index (χ1) is 12.5. The first-order valence-corrected chi connectivity index (χ1v) is 9.40. The zero-order valence-corrected chi connectivity index (χ0v) is 16.2. The van der Waals surface area contributed by atoms with Crippen LogP contribution in [-0.2, 0) is 6.42 Å².